The smallest absolute Gasteiger partial charge is 0.314 e. The summed E-state index contributed by atoms with van der Waals surface area (Å²) >= 11 is 0. The first kappa shape index (κ1) is 12.8. The summed E-state index contributed by atoms with van der Waals surface area (Å²) in [5.41, 5.74) is 0.746. The fraction of sp³-hybridized carbons (Fsp3) is 0.583. The van der Waals surface area contributed by atoms with Crippen LogP contribution in [-0.4, -0.2) is 28.2 Å². The maximum atomic E-state index is 11.0. The van der Waals surface area contributed by atoms with Gasteiger partial charge in [0.2, 0.25) is 5.82 Å². The van der Waals surface area contributed by atoms with Crippen LogP contribution in [0.5, 0.6) is 0 Å². The number of aromatic nitrogens is 1. The van der Waals surface area contributed by atoms with Crippen molar-refractivity contribution in [3.8, 4) is 0 Å². The molecule has 1 aromatic rings. The van der Waals surface area contributed by atoms with E-state index >= 15 is 0 Å². The first-order valence-electron chi connectivity index (χ1n) is 6.03. The van der Waals surface area contributed by atoms with Gasteiger partial charge in [-0.1, -0.05) is 0 Å². The van der Waals surface area contributed by atoms with E-state index in [-0.39, 0.29) is 17.7 Å². The zero-order valence-electron chi connectivity index (χ0n) is 10.3. The Balaban J connectivity index is 2.10. The van der Waals surface area contributed by atoms with E-state index in [0.29, 0.717) is 17.9 Å². The molecule has 0 saturated heterocycles. The molecule has 2 rings (SSSR count). The van der Waals surface area contributed by atoms with Crippen LogP contribution >= 0.6 is 0 Å². The lowest BCUT2D eigenvalue weighted by Crippen LogP contribution is -2.18. The van der Waals surface area contributed by atoms with Crippen molar-refractivity contribution < 1.29 is 10.0 Å². The third-order valence-corrected chi connectivity index (χ3v) is 3.54. The topological polar surface area (TPSA) is 88.3 Å². The molecule has 6 heteroatoms. The van der Waals surface area contributed by atoms with Gasteiger partial charge >= 0.3 is 5.69 Å². The molecule has 0 spiro atoms. The highest BCUT2D eigenvalue weighted by atomic mass is 16.6. The van der Waals surface area contributed by atoms with E-state index in [1.807, 2.05) is 0 Å². The minimum Gasteiger partial charge on any atom is -0.396 e. The van der Waals surface area contributed by atoms with E-state index in [9.17, 15) is 10.1 Å². The molecule has 0 radical (unpaired) electrons. The second-order valence-corrected chi connectivity index (χ2v) is 4.91. The average molecular weight is 251 g/mol. The number of aryl methyl sites for hydroxylation is 1. The lowest BCUT2D eigenvalue weighted by Gasteiger charge is -2.15. The SMILES string of the molecule is Cc1ccnc(NCC2(CCO)CC2)c1[N+](=O)[O-]. The summed E-state index contributed by atoms with van der Waals surface area (Å²) in [6.45, 7) is 2.49. The molecule has 0 bridgehead atoms. The van der Waals surface area contributed by atoms with Gasteiger partial charge in [0, 0.05) is 24.9 Å². The predicted octanol–water partition coefficient (Wildman–Crippen LogP) is 1.87. The number of rotatable bonds is 6. The van der Waals surface area contributed by atoms with Gasteiger partial charge in [-0.2, -0.15) is 0 Å². The molecule has 98 valence electrons. The summed E-state index contributed by atoms with van der Waals surface area (Å²) in [7, 11) is 0. The average Bonchev–Trinajstić information content (AvgIpc) is 3.07. The summed E-state index contributed by atoms with van der Waals surface area (Å²) in [4.78, 5) is 14.6. The minimum atomic E-state index is -0.406. The second-order valence-electron chi connectivity index (χ2n) is 4.91. The maximum Gasteiger partial charge on any atom is 0.314 e. The fourth-order valence-electron chi connectivity index (χ4n) is 2.11. The van der Waals surface area contributed by atoms with Crippen LogP contribution in [0.25, 0.3) is 0 Å². The number of nitro groups is 1. The third-order valence-electron chi connectivity index (χ3n) is 3.54. The molecule has 0 amide bonds. The third kappa shape index (κ3) is 2.59. The summed E-state index contributed by atoms with van der Waals surface area (Å²) in [5.74, 6) is 0.323. The van der Waals surface area contributed by atoms with Crippen LogP contribution in [-0.2, 0) is 0 Å². The molecule has 0 unspecified atom stereocenters. The fourth-order valence-corrected chi connectivity index (χ4v) is 2.11. The van der Waals surface area contributed by atoms with E-state index in [1.165, 1.54) is 0 Å². The number of anilines is 1. The van der Waals surface area contributed by atoms with Crippen molar-refractivity contribution in [2.45, 2.75) is 26.2 Å². The first-order chi connectivity index (χ1) is 8.58. The molecule has 0 aliphatic heterocycles. The molecule has 1 aliphatic carbocycles. The zero-order chi connectivity index (χ0) is 13.2. The van der Waals surface area contributed by atoms with Crippen LogP contribution in [0.2, 0.25) is 0 Å². The quantitative estimate of drug-likeness (QED) is 0.595. The van der Waals surface area contributed by atoms with Crippen molar-refractivity contribution in [1.82, 2.24) is 4.98 Å². The molecular weight excluding hydrogens is 234 g/mol. The van der Waals surface area contributed by atoms with E-state index < -0.39 is 4.92 Å². The Labute approximate surface area is 105 Å². The second kappa shape index (κ2) is 4.89. The van der Waals surface area contributed by atoms with E-state index in [0.717, 1.165) is 19.3 Å². The van der Waals surface area contributed by atoms with Gasteiger partial charge < -0.3 is 10.4 Å². The number of hydrogen-bond donors (Lipinski definition) is 2. The number of nitrogens with zero attached hydrogens (tertiary/aromatic N) is 2. The molecule has 6 nitrogen and oxygen atoms in total. The normalized spacial score (nSPS) is 16.3. The van der Waals surface area contributed by atoms with Crippen molar-refractivity contribution in [2.75, 3.05) is 18.5 Å². The summed E-state index contributed by atoms with van der Waals surface area (Å²) < 4.78 is 0. The van der Waals surface area contributed by atoms with Crippen LogP contribution in [0, 0.1) is 22.5 Å². The van der Waals surface area contributed by atoms with Crippen molar-refractivity contribution in [3.05, 3.63) is 27.9 Å². The van der Waals surface area contributed by atoms with Gasteiger partial charge in [0.15, 0.2) is 0 Å². The van der Waals surface area contributed by atoms with Crippen LogP contribution in [0.1, 0.15) is 24.8 Å². The number of aliphatic hydroxyl groups is 1. The Morgan fingerprint density at radius 2 is 2.33 bits per heavy atom. The molecular formula is C12H17N3O3. The molecule has 1 heterocycles. The maximum absolute atomic E-state index is 11.0. The number of hydrogen-bond acceptors (Lipinski definition) is 5. The van der Waals surface area contributed by atoms with Crippen LogP contribution in [0.3, 0.4) is 0 Å². The standard InChI is InChI=1S/C12H17N3O3/c1-9-2-6-13-11(10(9)15(17)18)14-8-12(3-4-12)5-7-16/h2,6,16H,3-5,7-8H2,1H3,(H,13,14). The highest BCUT2D eigenvalue weighted by Gasteiger charge is 2.42. The van der Waals surface area contributed by atoms with Gasteiger partial charge in [-0.25, -0.2) is 4.98 Å². The summed E-state index contributed by atoms with van der Waals surface area (Å²) in [5, 5.41) is 23.0. The van der Waals surface area contributed by atoms with Gasteiger partial charge in [0.1, 0.15) is 0 Å². The van der Waals surface area contributed by atoms with Crippen molar-refractivity contribution in [3.63, 3.8) is 0 Å². The summed E-state index contributed by atoms with van der Waals surface area (Å²) in [6.07, 6.45) is 4.41. The van der Waals surface area contributed by atoms with Gasteiger partial charge in [-0.15, -0.1) is 0 Å². The number of nitrogens with one attached hydrogen (secondary N) is 1. The molecule has 0 atom stereocenters. The molecule has 1 fully saturated rings. The molecule has 0 aromatic carbocycles. The predicted molar refractivity (Wildman–Crippen MR) is 67.5 cm³/mol. The summed E-state index contributed by atoms with van der Waals surface area (Å²) in [6, 6.07) is 1.63. The monoisotopic (exact) mass is 251 g/mol. The van der Waals surface area contributed by atoms with Crippen LogP contribution < -0.4 is 5.32 Å². The molecule has 1 aromatic heterocycles. The molecule has 2 N–H and O–H groups in total. The van der Waals surface area contributed by atoms with Gasteiger partial charge in [-0.05, 0) is 37.7 Å². The Hall–Kier alpha value is -1.69. The Bertz CT molecular complexity index is 458. The minimum absolute atomic E-state index is 0.0392. The lowest BCUT2D eigenvalue weighted by atomic mass is 10.0. The van der Waals surface area contributed by atoms with E-state index in [4.69, 9.17) is 5.11 Å². The van der Waals surface area contributed by atoms with Crippen molar-refractivity contribution in [2.24, 2.45) is 5.41 Å². The van der Waals surface area contributed by atoms with Gasteiger partial charge in [-0.3, -0.25) is 10.1 Å². The zero-order valence-corrected chi connectivity index (χ0v) is 10.3. The van der Waals surface area contributed by atoms with Crippen molar-refractivity contribution >= 4 is 11.5 Å². The van der Waals surface area contributed by atoms with E-state index in [2.05, 4.69) is 10.3 Å². The van der Waals surface area contributed by atoms with Gasteiger partial charge in [0.25, 0.3) is 0 Å². The van der Waals surface area contributed by atoms with Crippen LogP contribution in [0.4, 0.5) is 11.5 Å². The Morgan fingerprint density at radius 1 is 1.61 bits per heavy atom. The van der Waals surface area contributed by atoms with Crippen molar-refractivity contribution in [1.29, 1.82) is 0 Å². The Kier molecular flexibility index (Phi) is 3.47. The Morgan fingerprint density at radius 3 is 2.89 bits per heavy atom. The lowest BCUT2D eigenvalue weighted by molar-refractivity contribution is -0.384. The van der Waals surface area contributed by atoms with Gasteiger partial charge in [0.05, 0.1) is 4.92 Å². The van der Waals surface area contributed by atoms with E-state index in [1.54, 1.807) is 19.2 Å². The highest BCUT2D eigenvalue weighted by Crippen LogP contribution is 2.48. The van der Waals surface area contributed by atoms with Crippen LogP contribution in [0.15, 0.2) is 12.3 Å². The molecule has 1 saturated carbocycles. The largest absolute Gasteiger partial charge is 0.396 e. The first-order valence-corrected chi connectivity index (χ1v) is 6.03. The number of aliphatic hydroxyl groups excluding tert-OH is 1. The highest BCUT2D eigenvalue weighted by molar-refractivity contribution is 5.59. The molecule has 1 aliphatic rings. The molecule has 18 heavy (non-hydrogen) atoms. The number of pyridine rings is 1.